The van der Waals surface area contributed by atoms with Gasteiger partial charge in [0.2, 0.25) is 0 Å². The molecule has 0 fully saturated rings. The Hall–Kier alpha value is -0.590. The Kier molecular flexibility index (Phi) is 19.1. The third kappa shape index (κ3) is 26.2. The lowest BCUT2D eigenvalue weighted by atomic mass is 10.4. The van der Waals surface area contributed by atoms with Crippen molar-refractivity contribution in [3.63, 3.8) is 0 Å². The predicted molar refractivity (Wildman–Crippen MR) is 46.1 cm³/mol. The van der Waals surface area contributed by atoms with Crippen molar-refractivity contribution in [2.24, 2.45) is 0 Å². The van der Waals surface area contributed by atoms with Crippen LogP contribution in [0.1, 0.15) is 40.0 Å². The smallest absolute Gasteiger partial charge is 0.119 e. The van der Waals surface area contributed by atoms with Crippen LogP contribution in [-0.2, 0) is 4.79 Å². The van der Waals surface area contributed by atoms with Gasteiger partial charge in [-0.1, -0.05) is 32.9 Å². The van der Waals surface area contributed by atoms with Crippen molar-refractivity contribution in [1.29, 1.82) is 0 Å². The van der Waals surface area contributed by atoms with E-state index in [2.05, 4.69) is 26.0 Å². The largest absolute Gasteiger partial charge is 0.303 e. The minimum atomic E-state index is 0.639. The summed E-state index contributed by atoms with van der Waals surface area (Å²) in [6.07, 6.45) is 8.22. The molecule has 0 N–H and O–H groups in total. The van der Waals surface area contributed by atoms with Crippen molar-refractivity contribution < 1.29 is 4.79 Å². The Bertz CT molecular complexity index is 68.8. The molecular formula is C9H18O. The molecule has 0 aliphatic heterocycles. The highest BCUT2D eigenvalue weighted by atomic mass is 16.1. The Morgan fingerprint density at radius 3 is 1.30 bits per heavy atom. The summed E-state index contributed by atoms with van der Waals surface area (Å²) in [6, 6.07) is 0. The minimum absolute atomic E-state index is 0.639. The van der Waals surface area contributed by atoms with Gasteiger partial charge in [-0.3, -0.25) is 0 Å². The first-order valence-electron chi connectivity index (χ1n) is 3.92. The standard InChI is InChI=1S/C6H12.C3H6O/c1-3-5-6-4-2;1-2-3-4/h5-6H,3-4H2,1-2H3;3H,2H2,1H3/b6-5-;. The van der Waals surface area contributed by atoms with E-state index in [1.807, 2.05) is 6.92 Å². The normalized spacial score (nSPS) is 8.70. The van der Waals surface area contributed by atoms with Gasteiger partial charge in [0, 0.05) is 6.42 Å². The molecule has 0 saturated heterocycles. The molecule has 0 unspecified atom stereocenters. The van der Waals surface area contributed by atoms with Crippen molar-refractivity contribution in [3.8, 4) is 0 Å². The van der Waals surface area contributed by atoms with Crippen molar-refractivity contribution in [3.05, 3.63) is 12.2 Å². The number of allylic oxidation sites excluding steroid dienone is 2. The fourth-order valence-electron chi connectivity index (χ4n) is 0.333. The molecule has 0 saturated carbocycles. The van der Waals surface area contributed by atoms with Crippen LogP contribution >= 0.6 is 0 Å². The van der Waals surface area contributed by atoms with E-state index in [-0.39, 0.29) is 0 Å². The zero-order valence-corrected chi connectivity index (χ0v) is 7.26. The lowest BCUT2D eigenvalue weighted by molar-refractivity contribution is -0.107. The summed E-state index contributed by atoms with van der Waals surface area (Å²) < 4.78 is 0. The number of carbonyl (C=O) groups excluding carboxylic acids is 1. The van der Waals surface area contributed by atoms with Crippen LogP contribution in [0.2, 0.25) is 0 Å². The first-order chi connectivity index (χ1) is 4.83. The second-order valence-electron chi connectivity index (χ2n) is 1.86. The van der Waals surface area contributed by atoms with Crippen molar-refractivity contribution >= 4 is 6.29 Å². The Morgan fingerprint density at radius 1 is 0.900 bits per heavy atom. The van der Waals surface area contributed by atoms with Gasteiger partial charge in [-0.15, -0.1) is 0 Å². The van der Waals surface area contributed by atoms with Crippen molar-refractivity contribution in [2.75, 3.05) is 0 Å². The summed E-state index contributed by atoms with van der Waals surface area (Å²) in [5, 5.41) is 0. The average molecular weight is 142 g/mol. The molecule has 0 heterocycles. The molecule has 0 atom stereocenters. The van der Waals surface area contributed by atoms with Gasteiger partial charge in [-0.25, -0.2) is 0 Å². The zero-order valence-electron chi connectivity index (χ0n) is 7.26. The van der Waals surface area contributed by atoms with Crippen LogP contribution in [-0.4, -0.2) is 6.29 Å². The highest BCUT2D eigenvalue weighted by Crippen LogP contribution is 1.81. The maximum Gasteiger partial charge on any atom is 0.119 e. The van der Waals surface area contributed by atoms with Crippen molar-refractivity contribution in [2.45, 2.75) is 40.0 Å². The van der Waals surface area contributed by atoms with E-state index in [0.29, 0.717) is 6.42 Å². The molecule has 10 heavy (non-hydrogen) atoms. The van der Waals surface area contributed by atoms with E-state index in [1.165, 1.54) is 12.8 Å². The molecule has 0 spiro atoms. The molecule has 60 valence electrons. The van der Waals surface area contributed by atoms with Crippen LogP contribution in [0.4, 0.5) is 0 Å². The van der Waals surface area contributed by atoms with Gasteiger partial charge in [-0.05, 0) is 12.8 Å². The fraction of sp³-hybridized carbons (Fsp3) is 0.667. The second kappa shape index (κ2) is 15.8. The van der Waals surface area contributed by atoms with E-state index < -0.39 is 0 Å². The lowest BCUT2D eigenvalue weighted by Gasteiger charge is -1.72. The topological polar surface area (TPSA) is 17.1 Å². The summed E-state index contributed by atoms with van der Waals surface area (Å²) in [7, 11) is 0. The van der Waals surface area contributed by atoms with Gasteiger partial charge >= 0.3 is 0 Å². The quantitative estimate of drug-likeness (QED) is 0.437. The van der Waals surface area contributed by atoms with E-state index in [1.54, 1.807) is 0 Å². The third-order valence-corrected chi connectivity index (χ3v) is 0.805. The highest BCUT2D eigenvalue weighted by Gasteiger charge is 1.60. The fourth-order valence-corrected chi connectivity index (χ4v) is 0.333. The monoisotopic (exact) mass is 142 g/mol. The number of rotatable bonds is 3. The van der Waals surface area contributed by atoms with Gasteiger partial charge in [-0.2, -0.15) is 0 Å². The molecule has 0 aliphatic rings. The molecule has 0 aliphatic carbocycles. The molecule has 0 radical (unpaired) electrons. The van der Waals surface area contributed by atoms with E-state index in [0.717, 1.165) is 6.29 Å². The molecule has 0 aromatic rings. The van der Waals surface area contributed by atoms with Gasteiger partial charge in [0.1, 0.15) is 6.29 Å². The predicted octanol–water partition coefficient (Wildman–Crippen LogP) is 2.96. The summed E-state index contributed by atoms with van der Waals surface area (Å²) in [6.45, 7) is 6.10. The Balaban J connectivity index is 0. The van der Waals surface area contributed by atoms with Gasteiger partial charge in [0.15, 0.2) is 0 Å². The van der Waals surface area contributed by atoms with Crippen LogP contribution in [0.3, 0.4) is 0 Å². The van der Waals surface area contributed by atoms with E-state index >= 15 is 0 Å². The minimum Gasteiger partial charge on any atom is -0.303 e. The number of hydrogen-bond donors (Lipinski definition) is 0. The number of hydrogen-bond acceptors (Lipinski definition) is 1. The van der Waals surface area contributed by atoms with Crippen LogP contribution in [0.25, 0.3) is 0 Å². The number of carbonyl (C=O) groups is 1. The van der Waals surface area contributed by atoms with E-state index in [9.17, 15) is 4.79 Å². The zero-order chi connectivity index (χ0) is 8.24. The molecule has 0 aromatic carbocycles. The Morgan fingerprint density at radius 2 is 1.20 bits per heavy atom. The molecule has 0 aromatic heterocycles. The SMILES string of the molecule is CC/C=C\CC.CCC=O. The molecule has 1 nitrogen and oxygen atoms in total. The van der Waals surface area contributed by atoms with Crippen LogP contribution in [0.15, 0.2) is 12.2 Å². The highest BCUT2D eigenvalue weighted by molar-refractivity contribution is 5.48. The third-order valence-electron chi connectivity index (χ3n) is 0.805. The maximum absolute atomic E-state index is 9.17. The van der Waals surface area contributed by atoms with Crippen LogP contribution in [0.5, 0.6) is 0 Å². The van der Waals surface area contributed by atoms with E-state index in [4.69, 9.17) is 0 Å². The maximum atomic E-state index is 9.17. The molecule has 0 rings (SSSR count). The van der Waals surface area contributed by atoms with Gasteiger partial charge < -0.3 is 4.79 Å². The summed E-state index contributed by atoms with van der Waals surface area (Å²) in [4.78, 5) is 9.17. The molecule has 0 bridgehead atoms. The number of aldehydes is 1. The van der Waals surface area contributed by atoms with Crippen LogP contribution in [0, 0.1) is 0 Å². The average Bonchev–Trinajstić information content (AvgIpc) is 2.01. The molecular weight excluding hydrogens is 124 g/mol. The Labute approximate surface area is 64.1 Å². The summed E-state index contributed by atoms with van der Waals surface area (Å²) >= 11 is 0. The first kappa shape index (κ1) is 12.1. The molecule has 0 amide bonds. The van der Waals surface area contributed by atoms with Gasteiger partial charge in [0.05, 0.1) is 0 Å². The van der Waals surface area contributed by atoms with Gasteiger partial charge in [0.25, 0.3) is 0 Å². The first-order valence-corrected chi connectivity index (χ1v) is 3.92. The summed E-state index contributed by atoms with van der Waals surface area (Å²) in [5.74, 6) is 0. The summed E-state index contributed by atoms with van der Waals surface area (Å²) in [5.41, 5.74) is 0. The van der Waals surface area contributed by atoms with Crippen molar-refractivity contribution in [1.82, 2.24) is 0 Å². The lowest BCUT2D eigenvalue weighted by Crippen LogP contribution is -1.55. The second-order valence-corrected chi connectivity index (χ2v) is 1.86. The van der Waals surface area contributed by atoms with Crippen LogP contribution < -0.4 is 0 Å². The molecule has 1 heteroatoms.